The normalized spacial score (nSPS) is 16.8. The van der Waals surface area contributed by atoms with Gasteiger partial charge in [-0.05, 0) is 49.7 Å². The van der Waals surface area contributed by atoms with E-state index in [1.165, 1.54) is 24.8 Å². The molecule has 1 fully saturated rings. The Labute approximate surface area is 152 Å². The molecule has 1 aromatic heterocycles. The molecule has 3 nitrogen and oxygen atoms in total. The van der Waals surface area contributed by atoms with Crippen LogP contribution < -0.4 is 0 Å². The van der Waals surface area contributed by atoms with Crippen molar-refractivity contribution < 1.29 is 5.11 Å². The molecule has 0 saturated carbocycles. The fourth-order valence-electron chi connectivity index (χ4n) is 3.81. The third-order valence-electron chi connectivity index (χ3n) is 5.01. The van der Waals surface area contributed by atoms with Gasteiger partial charge in [0.25, 0.3) is 0 Å². The molecule has 0 amide bonds. The summed E-state index contributed by atoms with van der Waals surface area (Å²) in [5.74, 6) is 0.236. The van der Waals surface area contributed by atoms with Gasteiger partial charge in [0.05, 0.1) is 11.1 Å². The second kappa shape index (κ2) is 7.03. The van der Waals surface area contributed by atoms with Crippen LogP contribution in [0.4, 0.5) is 0 Å². The van der Waals surface area contributed by atoms with E-state index < -0.39 is 0 Å². The SMILES string of the molecule is Oc1c([C@H](c2ccccc2)N2CCCCC2)cc(Cl)c2cccnc12. The lowest BCUT2D eigenvalue weighted by atomic mass is 9.93. The van der Waals surface area contributed by atoms with Crippen LogP contribution in [-0.2, 0) is 0 Å². The summed E-state index contributed by atoms with van der Waals surface area (Å²) in [5, 5.41) is 12.4. The zero-order valence-electron chi connectivity index (χ0n) is 14.0. The Morgan fingerprint density at radius 2 is 1.76 bits per heavy atom. The molecule has 1 N–H and O–H groups in total. The van der Waals surface area contributed by atoms with Crippen LogP contribution in [0.2, 0.25) is 5.02 Å². The number of hydrogen-bond donors (Lipinski definition) is 1. The Morgan fingerprint density at radius 3 is 2.52 bits per heavy atom. The van der Waals surface area contributed by atoms with Crippen molar-refractivity contribution >= 4 is 22.5 Å². The fourth-order valence-corrected chi connectivity index (χ4v) is 4.08. The van der Waals surface area contributed by atoms with Crippen molar-refractivity contribution in [2.75, 3.05) is 13.1 Å². The van der Waals surface area contributed by atoms with Gasteiger partial charge in [0.15, 0.2) is 0 Å². The van der Waals surface area contributed by atoms with E-state index in [4.69, 9.17) is 11.6 Å². The molecule has 1 aliphatic rings. The first-order chi connectivity index (χ1) is 12.3. The van der Waals surface area contributed by atoms with E-state index in [1.807, 2.05) is 36.4 Å². The highest BCUT2D eigenvalue weighted by Crippen LogP contribution is 2.41. The number of benzene rings is 2. The summed E-state index contributed by atoms with van der Waals surface area (Å²) < 4.78 is 0. The average molecular weight is 353 g/mol. The highest BCUT2D eigenvalue weighted by Gasteiger charge is 2.27. The standard InChI is InChI=1S/C21H21ClN2O/c22-18-14-17(21(25)19-16(18)10-7-11-23-19)20(15-8-3-1-4-9-15)24-12-5-2-6-13-24/h1,3-4,7-11,14,20,25H,2,5-6,12-13H2/t20-/m0/s1. The fraction of sp³-hybridized carbons (Fsp3) is 0.286. The van der Waals surface area contributed by atoms with Gasteiger partial charge < -0.3 is 5.11 Å². The molecule has 0 aliphatic carbocycles. The first-order valence-electron chi connectivity index (χ1n) is 8.81. The minimum absolute atomic E-state index is 0.00888. The first-order valence-corrected chi connectivity index (χ1v) is 9.18. The molecule has 1 saturated heterocycles. The molecule has 0 spiro atoms. The molecule has 2 aromatic carbocycles. The number of phenols is 1. The highest BCUT2D eigenvalue weighted by molar-refractivity contribution is 6.35. The van der Waals surface area contributed by atoms with E-state index >= 15 is 0 Å². The van der Waals surface area contributed by atoms with E-state index in [0.29, 0.717) is 10.5 Å². The molecule has 1 aliphatic heterocycles. The van der Waals surface area contributed by atoms with Gasteiger partial charge >= 0.3 is 0 Å². The molecule has 3 aromatic rings. The Hall–Kier alpha value is -2.10. The van der Waals surface area contributed by atoms with Crippen LogP contribution in [0.15, 0.2) is 54.7 Å². The smallest absolute Gasteiger partial charge is 0.147 e. The van der Waals surface area contributed by atoms with Crippen LogP contribution in [0, 0.1) is 0 Å². The van der Waals surface area contributed by atoms with Gasteiger partial charge in [-0.25, -0.2) is 0 Å². The van der Waals surface area contributed by atoms with Crippen LogP contribution in [-0.4, -0.2) is 28.1 Å². The topological polar surface area (TPSA) is 36.4 Å². The highest BCUT2D eigenvalue weighted by atomic mass is 35.5. The van der Waals surface area contributed by atoms with E-state index in [1.54, 1.807) is 6.20 Å². The van der Waals surface area contributed by atoms with E-state index in [2.05, 4.69) is 22.0 Å². The van der Waals surface area contributed by atoms with Crippen molar-refractivity contribution in [1.82, 2.24) is 9.88 Å². The average Bonchev–Trinajstić information content (AvgIpc) is 2.68. The Morgan fingerprint density at radius 1 is 1.00 bits per heavy atom. The number of aromatic hydroxyl groups is 1. The third-order valence-corrected chi connectivity index (χ3v) is 5.32. The number of rotatable bonds is 3. The summed E-state index contributed by atoms with van der Waals surface area (Å²) in [6.45, 7) is 2.05. The van der Waals surface area contributed by atoms with Gasteiger partial charge in [-0.2, -0.15) is 0 Å². The molecule has 0 radical (unpaired) electrons. The first kappa shape index (κ1) is 16.4. The maximum absolute atomic E-state index is 11.0. The van der Waals surface area contributed by atoms with Gasteiger partial charge in [0.2, 0.25) is 0 Å². The van der Waals surface area contributed by atoms with E-state index in [9.17, 15) is 5.11 Å². The number of halogens is 1. The summed E-state index contributed by atoms with van der Waals surface area (Å²) >= 11 is 6.54. The van der Waals surface area contributed by atoms with Gasteiger partial charge in [-0.1, -0.05) is 48.4 Å². The second-order valence-electron chi connectivity index (χ2n) is 6.61. The van der Waals surface area contributed by atoms with Crippen LogP contribution >= 0.6 is 11.6 Å². The van der Waals surface area contributed by atoms with Crippen molar-refractivity contribution in [3.8, 4) is 5.75 Å². The maximum Gasteiger partial charge on any atom is 0.147 e. The number of piperidine rings is 1. The molecule has 0 unspecified atom stereocenters. The minimum Gasteiger partial charge on any atom is -0.505 e. The summed E-state index contributed by atoms with van der Waals surface area (Å²) in [6, 6.07) is 16.0. The third kappa shape index (κ3) is 3.10. The van der Waals surface area contributed by atoms with E-state index in [0.717, 1.165) is 24.0 Å². The number of likely N-dealkylation sites (tertiary alicyclic amines) is 1. The summed E-state index contributed by atoms with van der Waals surface area (Å²) in [5.41, 5.74) is 2.58. The predicted octanol–water partition coefficient (Wildman–Crippen LogP) is 5.17. The van der Waals surface area contributed by atoms with Gasteiger partial charge in [-0.3, -0.25) is 9.88 Å². The Balaban J connectivity index is 1.90. The molecule has 4 heteroatoms. The lowest BCUT2D eigenvalue weighted by Gasteiger charge is -2.35. The van der Waals surface area contributed by atoms with E-state index in [-0.39, 0.29) is 11.8 Å². The molecule has 4 rings (SSSR count). The van der Waals surface area contributed by atoms with Gasteiger partial charge in [0.1, 0.15) is 11.3 Å². The van der Waals surface area contributed by atoms with Crippen molar-refractivity contribution in [2.24, 2.45) is 0 Å². The van der Waals surface area contributed by atoms with Crippen molar-refractivity contribution in [1.29, 1.82) is 0 Å². The minimum atomic E-state index is -0.00888. The van der Waals surface area contributed by atoms with Crippen molar-refractivity contribution in [2.45, 2.75) is 25.3 Å². The number of phenolic OH excluding ortho intramolecular Hbond substituents is 1. The quantitative estimate of drug-likeness (QED) is 0.706. The van der Waals surface area contributed by atoms with Crippen LogP contribution in [0.5, 0.6) is 5.75 Å². The largest absolute Gasteiger partial charge is 0.505 e. The summed E-state index contributed by atoms with van der Waals surface area (Å²) in [7, 11) is 0. The lowest BCUT2D eigenvalue weighted by Crippen LogP contribution is -2.34. The van der Waals surface area contributed by atoms with Gasteiger partial charge in [0, 0.05) is 17.1 Å². The number of hydrogen-bond acceptors (Lipinski definition) is 3. The zero-order chi connectivity index (χ0) is 17.2. The number of pyridine rings is 1. The zero-order valence-corrected chi connectivity index (χ0v) is 14.8. The summed E-state index contributed by atoms with van der Waals surface area (Å²) in [4.78, 5) is 6.81. The predicted molar refractivity (Wildman–Crippen MR) is 102 cm³/mol. The molecular formula is C21H21ClN2O. The number of fused-ring (bicyclic) bond motifs is 1. The number of aromatic nitrogens is 1. The van der Waals surface area contributed by atoms with Crippen LogP contribution in [0.25, 0.3) is 10.9 Å². The van der Waals surface area contributed by atoms with Crippen molar-refractivity contribution in [3.63, 3.8) is 0 Å². The monoisotopic (exact) mass is 352 g/mol. The Bertz CT molecular complexity index is 876. The number of nitrogens with zero attached hydrogens (tertiary/aromatic N) is 2. The van der Waals surface area contributed by atoms with Gasteiger partial charge in [-0.15, -0.1) is 0 Å². The molecule has 2 heterocycles. The summed E-state index contributed by atoms with van der Waals surface area (Å²) in [6.07, 6.45) is 5.33. The molecule has 1 atom stereocenters. The molecular weight excluding hydrogens is 332 g/mol. The molecule has 0 bridgehead atoms. The lowest BCUT2D eigenvalue weighted by molar-refractivity contribution is 0.185. The van der Waals surface area contributed by atoms with Crippen LogP contribution in [0.1, 0.15) is 36.4 Å². The maximum atomic E-state index is 11.0. The van der Waals surface area contributed by atoms with Crippen molar-refractivity contribution in [3.05, 3.63) is 70.9 Å². The Kier molecular flexibility index (Phi) is 4.60. The van der Waals surface area contributed by atoms with Crippen LogP contribution in [0.3, 0.4) is 0 Å². The molecule has 128 valence electrons. The second-order valence-corrected chi connectivity index (χ2v) is 7.01. The molecule has 25 heavy (non-hydrogen) atoms.